The van der Waals surface area contributed by atoms with Crippen LogP contribution in [0.25, 0.3) is 0 Å². The van der Waals surface area contributed by atoms with Gasteiger partial charge in [-0.25, -0.2) is 4.79 Å². The summed E-state index contributed by atoms with van der Waals surface area (Å²) < 4.78 is 0.918. The summed E-state index contributed by atoms with van der Waals surface area (Å²) in [6, 6.07) is 6.79. The van der Waals surface area contributed by atoms with Crippen LogP contribution < -0.4 is 4.90 Å². The standard InChI is InChI=1S/C12H13BrN2O3/c1-14-7-10(6-11(16)17)15(12(14)18)9-4-2-8(13)3-5-9/h2-5,10H,6-7H2,1H3,(H,16,17). The summed E-state index contributed by atoms with van der Waals surface area (Å²) in [6.45, 7) is 0.432. The zero-order valence-corrected chi connectivity index (χ0v) is 11.4. The third kappa shape index (κ3) is 2.48. The average molecular weight is 313 g/mol. The highest BCUT2D eigenvalue weighted by Gasteiger charge is 2.37. The molecule has 6 heteroatoms. The van der Waals surface area contributed by atoms with Gasteiger partial charge in [0.05, 0.1) is 12.5 Å². The molecule has 96 valence electrons. The predicted octanol–water partition coefficient (Wildman–Crippen LogP) is 2.16. The van der Waals surface area contributed by atoms with Crippen molar-refractivity contribution < 1.29 is 14.7 Å². The molecule has 1 atom stereocenters. The molecule has 1 aromatic rings. The number of aliphatic carboxylic acids is 1. The number of nitrogens with zero attached hydrogens (tertiary/aromatic N) is 2. The molecule has 0 radical (unpaired) electrons. The minimum atomic E-state index is -0.898. The molecule has 2 amide bonds. The molecule has 0 bridgehead atoms. The van der Waals surface area contributed by atoms with Crippen molar-refractivity contribution in [1.29, 1.82) is 0 Å². The molecular formula is C12H13BrN2O3. The SMILES string of the molecule is CN1CC(CC(=O)O)N(c2ccc(Br)cc2)C1=O. The Morgan fingerprint density at radius 2 is 2.06 bits per heavy atom. The normalized spacial score (nSPS) is 19.4. The Labute approximate surface area is 113 Å². The molecular weight excluding hydrogens is 300 g/mol. The lowest BCUT2D eigenvalue weighted by molar-refractivity contribution is -0.137. The first-order valence-electron chi connectivity index (χ1n) is 5.50. The van der Waals surface area contributed by atoms with E-state index in [-0.39, 0.29) is 18.5 Å². The molecule has 1 aliphatic rings. The first kappa shape index (κ1) is 12.9. The van der Waals surface area contributed by atoms with Crippen molar-refractivity contribution in [2.45, 2.75) is 12.5 Å². The van der Waals surface area contributed by atoms with Crippen LogP contribution in [0.2, 0.25) is 0 Å². The molecule has 18 heavy (non-hydrogen) atoms. The van der Waals surface area contributed by atoms with Gasteiger partial charge in [-0.2, -0.15) is 0 Å². The summed E-state index contributed by atoms with van der Waals surface area (Å²) >= 11 is 3.33. The van der Waals surface area contributed by atoms with Gasteiger partial charge in [-0.3, -0.25) is 9.69 Å². The Bertz CT molecular complexity index is 475. The largest absolute Gasteiger partial charge is 0.481 e. The van der Waals surface area contributed by atoms with Gasteiger partial charge in [0.15, 0.2) is 0 Å². The van der Waals surface area contributed by atoms with Crippen LogP contribution in [0.4, 0.5) is 10.5 Å². The van der Waals surface area contributed by atoms with E-state index in [1.807, 2.05) is 12.1 Å². The molecule has 1 aliphatic heterocycles. The number of carboxylic acid groups (broad SMARTS) is 1. The topological polar surface area (TPSA) is 60.9 Å². The fourth-order valence-electron chi connectivity index (χ4n) is 2.10. The van der Waals surface area contributed by atoms with Crippen molar-refractivity contribution in [1.82, 2.24) is 4.90 Å². The number of rotatable bonds is 3. The van der Waals surface area contributed by atoms with Gasteiger partial charge in [0, 0.05) is 23.8 Å². The zero-order chi connectivity index (χ0) is 13.3. The van der Waals surface area contributed by atoms with Crippen LogP contribution in [0.1, 0.15) is 6.42 Å². The zero-order valence-electron chi connectivity index (χ0n) is 9.84. The van der Waals surface area contributed by atoms with E-state index >= 15 is 0 Å². The van der Waals surface area contributed by atoms with Crippen LogP contribution in [0.5, 0.6) is 0 Å². The van der Waals surface area contributed by atoms with E-state index in [2.05, 4.69) is 15.9 Å². The fourth-order valence-corrected chi connectivity index (χ4v) is 2.36. The molecule has 5 nitrogen and oxygen atoms in total. The van der Waals surface area contributed by atoms with Gasteiger partial charge in [-0.15, -0.1) is 0 Å². The summed E-state index contributed by atoms with van der Waals surface area (Å²) in [5, 5.41) is 8.89. The van der Waals surface area contributed by atoms with Gasteiger partial charge in [0.2, 0.25) is 0 Å². The number of anilines is 1. The monoisotopic (exact) mass is 312 g/mol. The van der Waals surface area contributed by atoms with E-state index in [9.17, 15) is 9.59 Å². The van der Waals surface area contributed by atoms with Crippen molar-refractivity contribution >= 4 is 33.6 Å². The molecule has 1 saturated heterocycles. The average Bonchev–Trinajstić information content (AvgIpc) is 2.55. The van der Waals surface area contributed by atoms with Gasteiger partial charge in [-0.1, -0.05) is 15.9 Å². The number of carbonyl (C=O) groups is 2. The maximum Gasteiger partial charge on any atom is 0.324 e. The van der Waals surface area contributed by atoms with E-state index in [1.165, 1.54) is 4.90 Å². The third-order valence-corrected chi connectivity index (χ3v) is 3.43. The van der Waals surface area contributed by atoms with E-state index < -0.39 is 5.97 Å². The number of carbonyl (C=O) groups excluding carboxylic acids is 1. The van der Waals surface area contributed by atoms with E-state index in [4.69, 9.17) is 5.11 Å². The lowest BCUT2D eigenvalue weighted by Gasteiger charge is -2.22. The summed E-state index contributed by atoms with van der Waals surface area (Å²) in [6.07, 6.45) is -0.0495. The van der Waals surface area contributed by atoms with Crippen molar-refractivity contribution in [3.63, 3.8) is 0 Å². The molecule has 0 aliphatic carbocycles. The number of likely N-dealkylation sites (N-methyl/N-ethyl adjacent to an activating group) is 1. The highest BCUT2D eigenvalue weighted by molar-refractivity contribution is 9.10. The number of hydrogen-bond acceptors (Lipinski definition) is 2. The Balaban J connectivity index is 2.29. The number of benzene rings is 1. The molecule has 1 aromatic carbocycles. The number of amides is 2. The number of urea groups is 1. The maximum atomic E-state index is 12.0. The van der Waals surface area contributed by atoms with E-state index in [1.54, 1.807) is 24.1 Å². The van der Waals surface area contributed by atoms with Gasteiger partial charge in [0.25, 0.3) is 0 Å². The molecule has 1 fully saturated rings. The predicted molar refractivity (Wildman–Crippen MR) is 70.7 cm³/mol. The highest BCUT2D eigenvalue weighted by atomic mass is 79.9. The first-order chi connectivity index (χ1) is 8.49. The van der Waals surface area contributed by atoms with Crippen LogP contribution in [-0.4, -0.2) is 41.6 Å². The van der Waals surface area contributed by atoms with Crippen LogP contribution in [0.3, 0.4) is 0 Å². The van der Waals surface area contributed by atoms with Gasteiger partial charge >= 0.3 is 12.0 Å². The minimum absolute atomic E-state index is 0.0495. The van der Waals surface area contributed by atoms with Crippen molar-refractivity contribution in [3.8, 4) is 0 Å². The second-order valence-electron chi connectivity index (χ2n) is 4.26. The quantitative estimate of drug-likeness (QED) is 0.930. The Morgan fingerprint density at radius 3 is 2.61 bits per heavy atom. The second-order valence-corrected chi connectivity index (χ2v) is 5.18. The fraction of sp³-hybridized carbons (Fsp3) is 0.333. The van der Waals surface area contributed by atoms with E-state index in [0.717, 1.165) is 10.2 Å². The van der Waals surface area contributed by atoms with Crippen LogP contribution in [0, 0.1) is 0 Å². The minimum Gasteiger partial charge on any atom is -0.481 e. The van der Waals surface area contributed by atoms with Crippen LogP contribution >= 0.6 is 15.9 Å². The van der Waals surface area contributed by atoms with Crippen LogP contribution in [0.15, 0.2) is 28.7 Å². The summed E-state index contributed by atoms with van der Waals surface area (Å²) in [7, 11) is 1.68. The molecule has 0 aromatic heterocycles. The molecule has 1 heterocycles. The molecule has 0 saturated carbocycles. The summed E-state index contributed by atoms with van der Waals surface area (Å²) in [5.74, 6) is -0.898. The van der Waals surface area contributed by atoms with Gasteiger partial charge < -0.3 is 10.0 Å². The Hall–Kier alpha value is -1.56. The van der Waals surface area contributed by atoms with E-state index in [0.29, 0.717) is 6.54 Å². The molecule has 0 spiro atoms. The summed E-state index contributed by atoms with van der Waals surface area (Å²) in [5.41, 5.74) is 0.721. The molecule has 1 N–H and O–H groups in total. The smallest absolute Gasteiger partial charge is 0.324 e. The van der Waals surface area contributed by atoms with Gasteiger partial charge in [0.1, 0.15) is 0 Å². The molecule has 2 rings (SSSR count). The van der Waals surface area contributed by atoms with Crippen molar-refractivity contribution in [2.75, 3.05) is 18.5 Å². The Morgan fingerprint density at radius 1 is 1.44 bits per heavy atom. The summed E-state index contributed by atoms with van der Waals surface area (Å²) in [4.78, 5) is 25.9. The lowest BCUT2D eigenvalue weighted by atomic mass is 10.2. The highest BCUT2D eigenvalue weighted by Crippen LogP contribution is 2.27. The molecule has 1 unspecified atom stereocenters. The van der Waals surface area contributed by atoms with Gasteiger partial charge in [-0.05, 0) is 24.3 Å². The lowest BCUT2D eigenvalue weighted by Crippen LogP contribution is -2.35. The Kier molecular flexibility index (Phi) is 3.56. The number of carboxylic acids is 1. The first-order valence-corrected chi connectivity index (χ1v) is 6.30. The maximum absolute atomic E-state index is 12.0. The van der Waals surface area contributed by atoms with Crippen molar-refractivity contribution in [3.05, 3.63) is 28.7 Å². The number of halogens is 1. The number of hydrogen-bond donors (Lipinski definition) is 1. The van der Waals surface area contributed by atoms with Crippen LogP contribution in [-0.2, 0) is 4.79 Å². The third-order valence-electron chi connectivity index (χ3n) is 2.90. The second kappa shape index (κ2) is 4.97. The van der Waals surface area contributed by atoms with Crippen molar-refractivity contribution in [2.24, 2.45) is 0 Å².